The van der Waals surface area contributed by atoms with Crippen molar-refractivity contribution in [3.05, 3.63) is 75.8 Å². The summed E-state index contributed by atoms with van der Waals surface area (Å²) in [6.07, 6.45) is 0.765. The molecule has 5 nitrogen and oxygen atoms in total. The summed E-state index contributed by atoms with van der Waals surface area (Å²) in [5.74, 6) is 0.504. The molecule has 4 heterocycles. The highest BCUT2D eigenvalue weighted by atomic mass is 16.5. The van der Waals surface area contributed by atoms with Crippen LogP contribution in [-0.2, 0) is 23.5 Å². The van der Waals surface area contributed by atoms with Crippen molar-refractivity contribution >= 4 is 10.9 Å². The van der Waals surface area contributed by atoms with Crippen molar-refractivity contribution in [1.82, 2.24) is 9.55 Å². The standard InChI is InChI=1S/C22H20N2O3/c1-3-22(26)10-13(2)27-12-16-17(22)9-19-20-15(11-24(19)21(16)25)8-14-6-4-5-7-18(14)23-20/h4-9,26H,2-3,10-12H2,1H3/t22-/m1/s1. The number of para-hydroxylation sites is 1. The second-order valence-electron chi connectivity index (χ2n) is 7.39. The van der Waals surface area contributed by atoms with Gasteiger partial charge < -0.3 is 14.4 Å². The van der Waals surface area contributed by atoms with Gasteiger partial charge in [0, 0.05) is 17.4 Å². The number of hydrogen-bond donors (Lipinski definition) is 1. The third-order valence-electron chi connectivity index (χ3n) is 5.77. The van der Waals surface area contributed by atoms with Gasteiger partial charge in [0.1, 0.15) is 6.61 Å². The molecule has 0 fully saturated rings. The number of rotatable bonds is 1. The summed E-state index contributed by atoms with van der Waals surface area (Å²) in [6.45, 7) is 6.41. The van der Waals surface area contributed by atoms with E-state index in [1.54, 1.807) is 4.57 Å². The number of aromatic nitrogens is 2. The fraction of sp³-hybridized carbons (Fsp3) is 0.273. The Morgan fingerprint density at radius 2 is 2.15 bits per heavy atom. The molecule has 0 aliphatic carbocycles. The Morgan fingerprint density at radius 1 is 1.33 bits per heavy atom. The van der Waals surface area contributed by atoms with Crippen LogP contribution in [0.5, 0.6) is 0 Å². The molecule has 5 heteroatoms. The average Bonchev–Trinajstić information content (AvgIpc) is 2.96. The summed E-state index contributed by atoms with van der Waals surface area (Å²) < 4.78 is 7.36. The molecule has 0 bridgehead atoms. The minimum absolute atomic E-state index is 0.119. The topological polar surface area (TPSA) is 64.4 Å². The zero-order valence-corrected chi connectivity index (χ0v) is 15.2. The van der Waals surface area contributed by atoms with Crippen molar-refractivity contribution in [3.63, 3.8) is 0 Å². The molecule has 136 valence electrons. The summed E-state index contributed by atoms with van der Waals surface area (Å²) in [5.41, 5.74) is 3.38. The quantitative estimate of drug-likeness (QED) is 0.565. The van der Waals surface area contributed by atoms with E-state index in [0.717, 1.165) is 27.9 Å². The maximum absolute atomic E-state index is 13.2. The SMILES string of the molecule is C=C1C[C@](O)(CC)c2cc3n(c(=O)c2CO1)Cc1cc2ccccc2nc1-3. The third-order valence-corrected chi connectivity index (χ3v) is 5.77. The van der Waals surface area contributed by atoms with Gasteiger partial charge in [-0.25, -0.2) is 4.98 Å². The van der Waals surface area contributed by atoms with E-state index in [4.69, 9.17) is 9.72 Å². The lowest BCUT2D eigenvalue weighted by molar-refractivity contribution is 0.0232. The van der Waals surface area contributed by atoms with E-state index >= 15 is 0 Å². The highest BCUT2D eigenvalue weighted by molar-refractivity contribution is 5.84. The predicted octanol–water partition coefficient (Wildman–Crippen LogP) is 3.46. The number of fused-ring (bicyclic) bond motifs is 5. The van der Waals surface area contributed by atoms with E-state index in [2.05, 4.69) is 12.6 Å². The van der Waals surface area contributed by atoms with Gasteiger partial charge in [0.15, 0.2) is 0 Å². The lowest BCUT2D eigenvalue weighted by atomic mass is 9.85. The molecule has 0 amide bonds. The van der Waals surface area contributed by atoms with E-state index in [1.165, 1.54) is 0 Å². The number of ether oxygens (including phenoxy) is 1. The van der Waals surface area contributed by atoms with Crippen LogP contribution in [0, 0.1) is 0 Å². The molecule has 1 atom stereocenters. The molecule has 0 unspecified atom stereocenters. The Morgan fingerprint density at radius 3 is 2.96 bits per heavy atom. The number of hydrogen-bond acceptors (Lipinski definition) is 4. The van der Waals surface area contributed by atoms with Gasteiger partial charge in [0.25, 0.3) is 5.56 Å². The summed E-state index contributed by atoms with van der Waals surface area (Å²) in [5, 5.41) is 12.3. The van der Waals surface area contributed by atoms with Gasteiger partial charge in [0.05, 0.1) is 40.4 Å². The molecule has 1 aromatic carbocycles. The van der Waals surface area contributed by atoms with Gasteiger partial charge in [-0.3, -0.25) is 4.79 Å². The van der Waals surface area contributed by atoms with Gasteiger partial charge in [-0.2, -0.15) is 0 Å². The molecule has 2 aliphatic heterocycles. The molecular weight excluding hydrogens is 340 g/mol. The summed E-state index contributed by atoms with van der Waals surface area (Å²) in [7, 11) is 0. The number of nitrogens with zero attached hydrogens (tertiary/aromatic N) is 2. The van der Waals surface area contributed by atoms with Crippen LogP contribution in [0.1, 0.15) is 36.5 Å². The van der Waals surface area contributed by atoms with Crippen LogP contribution in [-0.4, -0.2) is 14.7 Å². The van der Waals surface area contributed by atoms with Crippen molar-refractivity contribution in [2.75, 3.05) is 0 Å². The summed E-state index contributed by atoms with van der Waals surface area (Å²) in [4.78, 5) is 18.1. The minimum Gasteiger partial charge on any atom is -0.494 e. The predicted molar refractivity (Wildman–Crippen MR) is 103 cm³/mol. The molecular formula is C22H20N2O3. The monoisotopic (exact) mass is 360 g/mol. The van der Waals surface area contributed by atoms with Crippen LogP contribution < -0.4 is 5.56 Å². The van der Waals surface area contributed by atoms with E-state index in [-0.39, 0.29) is 18.6 Å². The Balaban J connectivity index is 1.79. The van der Waals surface area contributed by atoms with Gasteiger partial charge in [-0.1, -0.05) is 31.7 Å². The maximum Gasteiger partial charge on any atom is 0.258 e. The molecule has 1 N–H and O–H groups in total. The Bertz CT molecular complexity index is 1180. The molecule has 2 aromatic heterocycles. The van der Waals surface area contributed by atoms with Crippen molar-refractivity contribution in [2.24, 2.45) is 0 Å². The Hall–Kier alpha value is -2.92. The molecule has 0 saturated carbocycles. The maximum atomic E-state index is 13.2. The van der Waals surface area contributed by atoms with Crippen LogP contribution in [0.2, 0.25) is 0 Å². The van der Waals surface area contributed by atoms with Gasteiger partial charge in [-0.05, 0) is 30.2 Å². The van der Waals surface area contributed by atoms with E-state index in [0.29, 0.717) is 29.9 Å². The van der Waals surface area contributed by atoms with Crippen LogP contribution in [0.25, 0.3) is 22.3 Å². The van der Waals surface area contributed by atoms with Gasteiger partial charge >= 0.3 is 0 Å². The normalized spacial score (nSPS) is 20.6. The van der Waals surface area contributed by atoms with Crippen LogP contribution in [0.4, 0.5) is 0 Å². The first-order valence-electron chi connectivity index (χ1n) is 9.19. The zero-order valence-electron chi connectivity index (χ0n) is 15.2. The number of aliphatic hydroxyl groups is 1. The molecule has 27 heavy (non-hydrogen) atoms. The first-order valence-corrected chi connectivity index (χ1v) is 9.19. The fourth-order valence-corrected chi connectivity index (χ4v) is 4.23. The number of pyridine rings is 2. The molecule has 0 saturated heterocycles. The van der Waals surface area contributed by atoms with Gasteiger partial charge in [-0.15, -0.1) is 0 Å². The fourth-order valence-electron chi connectivity index (χ4n) is 4.23. The zero-order chi connectivity index (χ0) is 18.8. The Labute approximate surface area is 156 Å². The van der Waals surface area contributed by atoms with Crippen molar-refractivity contribution in [3.8, 4) is 11.4 Å². The van der Waals surface area contributed by atoms with Crippen LogP contribution in [0.3, 0.4) is 0 Å². The second-order valence-corrected chi connectivity index (χ2v) is 7.39. The molecule has 3 aromatic rings. The molecule has 2 aliphatic rings. The molecule has 0 spiro atoms. The molecule has 5 rings (SSSR count). The lowest BCUT2D eigenvalue weighted by Gasteiger charge is -2.27. The molecule has 0 radical (unpaired) electrons. The van der Waals surface area contributed by atoms with E-state index < -0.39 is 5.60 Å². The van der Waals surface area contributed by atoms with Crippen molar-refractivity contribution in [1.29, 1.82) is 0 Å². The van der Waals surface area contributed by atoms with E-state index in [9.17, 15) is 9.90 Å². The van der Waals surface area contributed by atoms with Crippen LogP contribution in [0.15, 0.2) is 53.5 Å². The average molecular weight is 360 g/mol. The minimum atomic E-state index is -1.16. The van der Waals surface area contributed by atoms with E-state index in [1.807, 2.05) is 37.3 Å². The smallest absolute Gasteiger partial charge is 0.258 e. The second kappa shape index (κ2) is 5.54. The lowest BCUT2D eigenvalue weighted by Crippen LogP contribution is -2.31. The van der Waals surface area contributed by atoms with Crippen LogP contribution >= 0.6 is 0 Å². The number of benzene rings is 1. The van der Waals surface area contributed by atoms with Crippen molar-refractivity contribution in [2.45, 2.75) is 38.5 Å². The highest BCUT2D eigenvalue weighted by Crippen LogP contribution is 2.40. The van der Waals surface area contributed by atoms with Crippen molar-refractivity contribution < 1.29 is 9.84 Å². The summed E-state index contributed by atoms with van der Waals surface area (Å²) >= 11 is 0. The third kappa shape index (κ3) is 2.28. The highest BCUT2D eigenvalue weighted by Gasteiger charge is 2.37. The first-order chi connectivity index (χ1) is 13.0. The first kappa shape index (κ1) is 16.3. The van der Waals surface area contributed by atoms with Gasteiger partial charge in [0.2, 0.25) is 0 Å². The largest absolute Gasteiger partial charge is 0.494 e. The Kier molecular flexibility index (Phi) is 3.34. The summed E-state index contributed by atoms with van der Waals surface area (Å²) in [6, 6.07) is 12.0.